The number of hydrogen-bond donors (Lipinski definition) is 4. The van der Waals surface area contributed by atoms with Crippen molar-refractivity contribution in [3.8, 4) is 0 Å². The molecule has 2 fully saturated rings. The summed E-state index contributed by atoms with van der Waals surface area (Å²) in [4.78, 5) is 13.0. The maximum Gasteiger partial charge on any atom is 0.407 e. The molecule has 1 aliphatic heterocycles. The fraction of sp³-hybridized carbons (Fsp3) is 0.536. The third kappa shape index (κ3) is 7.49. The number of amides is 1. The summed E-state index contributed by atoms with van der Waals surface area (Å²) in [5.41, 5.74) is 7.05. The van der Waals surface area contributed by atoms with Gasteiger partial charge in [0, 0.05) is 31.1 Å². The molecule has 0 aromatic heterocycles. The molecule has 1 saturated carbocycles. The van der Waals surface area contributed by atoms with Crippen LogP contribution in [0.3, 0.4) is 0 Å². The third-order valence-electron chi connectivity index (χ3n) is 7.30. The lowest BCUT2D eigenvalue weighted by molar-refractivity contribution is 0.0426. The van der Waals surface area contributed by atoms with Gasteiger partial charge in [-0.25, -0.2) is 13.2 Å². The number of hydrogen-bond acceptors (Lipinski definition) is 8. The summed E-state index contributed by atoms with van der Waals surface area (Å²) in [5, 5.41) is 24.2. The van der Waals surface area contributed by atoms with Gasteiger partial charge < -0.3 is 30.7 Å². The number of ether oxygens (including phenoxy) is 2. The largest absolute Gasteiger partial charge is 0.446 e. The highest BCUT2D eigenvalue weighted by molar-refractivity contribution is 7.89. The smallest absolute Gasteiger partial charge is 0.407 e. The van der Waals surface area contributed by atoms with Gasteiger partial charge >= 0.3 is 6.09 Å². The zero-order chi connectivity index (χ0) is 28.2. The zero-order valence-corrected chi connectivity index (χ0v) is 23.2. The number of rotatable bonds is 11. The lowest BCUT2D eigenvalue weighted by atomic mass is 10.0. The van der Waals surface area contributed by atoms with Crippen LogP contribution < -0.4 is 11.1 Å². The van der Waals surface area contributed by atoms with Gasteiger partial charge in [0.05, 0.1) is 35.9 Å². The second-order valence-electron chi connectivity index (χ2n) is 10.9. The van der Waals surface area contributed by atoms with Crippen LogP contribution in [-0.2, 0) is 25.9 Å². The normalized spacial score (nSPS) is 24.5. The summed E-state index contributed by atoms with van der Waals surface area (Å²) < 4.78 is 39.5. The van der Waals surface area contributed by atoms with Crippen LogP contribution in [0.25, 0.3) is 0 Å². The average Bonchev–Trinajstić information content (AvgIpc) is 3.44. The van der Waals surface area contributed by atoms with Crippen molar-refractivity contribution in [1.82, 2.24) is 9.62 Å². The van der Waals surface area contributed by atoms with E-state index in [0.29, 0.717) is 25.1 Å². The lowest BCUT2D eigenvalue weighted by Crippen LogP contribution is -2.51. The number of alkyl carbamates (subject to hydrolysis) is 1. The number of carbonyl (C=O) groups excluding carboxylic acids is 1. The lowest BCUT2D eigenvalue weighted by Gasteiger charge is -2.31. The van der Waals surface area contributed by atoms with Crippen molar-refractivity contribution >= 4 is 21.8 Å². The number of anilines is 1. The minimum Gasteiger partial charge on any atom is -0.446 e. The van der Waals surface area contributed by atoms with Crippen LogP contribution in [-0.4, -0.2) is 79.2 Å². The highest BCUT2D eigenvalue weighted by Gasteiger charge is 2.45. The SMILES string of the molecule is CC(C)CN(C[C@@H](O)[C@H](Cc1ccccc1)NC(=O)O[C@@H]1C[C@@H]2[C@H](O)CO[C@@H]2C1)S(=O)(=O)c1ccc(N)cc1. The molecule has 10 nitrogen and oxygen atoms in total. The molecule has 2 aromatic carbocycles. The van der Waals surface area contributed by atoms with E-state index in [1.54, 1.807) is 0 Å². The molecular formula is C28H39N3O7S. The average molecular weight is 562 g/mol. The Bertz CT molecular complexity index is 1190. The van der Waals surface area contributed by atoms with Gasteiger partial charge in [-0.2, -0.15) is 4.31 Å². The van der Waals surface area contributed by atoms with Gasteiger partial charge in [0.25, 0.3) is 0 Å². The molecule has 5 N–H and O–H groups in total. The molecule has 2 aliphatic rings. The van der Waals surface area contributed by atoms with Crippen LogP contribution in [0.15, 0.2) is 59.5 Å². The van der Waals surface area contributed by atoms with E-state index in [9.17, 15) is 23.4 Å². The molecule has 4 rings (SSSR count). The minimum absolute atomic E-state index is 0.00866. The number of aliphatic hydroxyl groups is 2. The van der Waals surface area contributed by atoms with E-state index in [1.165, 1.54) is 28.6 Å². The first-order chi connectivity index (χ1) is 18.5. The Hall–Kier alpha value is -2.70. The van der Waals surface area contributed by atoms with Crippen molar-refractivity contribution in [3.05, 3.63) is 60.2 Å². The number of benzene rings is 2. The Morgan fingerprint density at radius 2 is 1.82 bits per heavy atom. The molecule has 1 heterocycles. The van der Waals surface area contributed by atoms with E-state index in [0.717, 1.165) is 5.56 Å². The predicted molar refractivity (Wildman–Crippen MR) is 146 cm³/mol. The van der Waals surface area contributed by atoms with E-state index in [1.807, 2.05) is 44.2 Å². The molecule has 1 saturated heterocycles. The maximum absolute atomic E-state index is 13.5. The standard InChI is InChI=1S/C28H39N3O7S/c1-18(2)15-31(39(35,36)22-10-8-20(29)9-11-22)16-25(32)24(12-19-6-4-3-5-7-19)30-28(34)38-21-13-23-26(33)17-37-27(23)14-21/h3-11,18,21,23-27,32-33H,12-17,29H2,1-2H3,(H,30,34)/t21-,23-,24+,25-,26-,27-/m1/s1. The van der Waals surface area contributed by atoms with Gasteiger partial charge in [-0.1, -0.05) is 44.2 Å². The van der Waals surface area contributed by atoms with Crippen LogP contribution in [0, 0.1) is 11.8 Å². The molecule has 214 valence electrons. The summed E-state index contributed by atoms with van der Waals surface area (Å²) in [5.74, 6) is -0.0673. The van der Waals surface area contributed by atoms with E-state index in [4.69, 9.17) is 15.2 Å². The molecule has 11 heteroatoms. The first-order valence-corrected chi connectivity index (χ1v) is 14.8. The van der Waals surface area contributed by atoms with Crippen molar-refractivity contribution in [1.29, 1.82) is 0 Å². The van der Waals surface area contributed by atoms with Crippen molar-refractivity contribution in [2.75, 3.05) is 25.4 Å². The van der Waals surface area contributed by atoms with Crippen LogP contribution >= 0.6 is 0 Å². The van der Waals surface area contributed by atoms with Crippen molar-refractivity contribution < 1.29 is 32.9 Å². The summed E-state index contributed by atoms with van der Waals surface area (Å²) in [6.45, 7) is 4.04. The van der Waals surface area contributed by atoms with Gasteiger partial charge in [-0.3, -0.25) is 0 Å². The zero-order valence-electron chi connectivity index (χ0n) is 22.3. The van der Waals surface area contributed by atoms with Crippen molar-refractivity contribution in [2.24, 2.45) is 11.8 Å². The van der Waals surface area contributed by atoms with Crippen LogP contribution in [0.1, 0.15) is 32.3 Å². The number of fused-ring (bicyclic) bond motifs is 1. The Balaban J connectivity index is 1.48. The molecule has 0 unspecified atom stereocenters. The van der Waals surface area contributed by atoms with Crippen LogP contribution in [0.2, 0.25) is 0 Å². The molecule has 39 heavy (non-hydrogen) atoms. The molecule has 1 amide bonds. The van der Waals surface area contributed by atoms with Gasteiger partial charge in [-0.15, -0.1) is 0 Å². The van der Waals surface area contributed by atoms with E-state index < -0.39 is 40.5 Å². The second-order valence-corrected chi connectivity index (χ2v) is 12.8. The number of carbonyl (C=O) groups is 1. The number of aliphatic hydroxyl groups excluding tert-OH is 2. The predicted octanol–water partition coefficient (Wildman–Crippen LogP) is 2.15. The summed E-state index contributed by atoms with van der Waals surface area (Å²) in [7, 11) is -3.94. The number of nitrogens with one attached hydrogen (secondary N) is 1. The van der Waals surface area contributed by atoms with Gasteiger partial charge in [-0.05, 0) is 48.6 Å². The molecule has 0 spiro atoms. The van der Waals surface area contributed by atoms with Crippen molar-refractivity contribution in [3.63, 3.8) is 0 Å². The molecule has 2 aromatic rings. The molecule has 0 bridgehead atoms. The quantitative estimate of drug-likeness (QED) is 0.305. The topological polar surface area (TPSA) is 151 Å². The van der Waals surface area contributed by atoms with Gasteiger partial charge in [0.15, 0.2) is 0 Å². The summed E-state index contributed by atoms with van der Waals surface area (Å²) in [6, 6.07) is 14.4. The molecular weight excluding hydrogens is 522 g/mol. The van der Waals surface area contributed by atoms with Crippen LogP contribution in [0.4, 0.5) is 10.5 Å². The van der Waals surface area contributed by atoms with E-state index in [-0.39, 0.29) is 42.3 Å². The molecule has 6 atom stereocenters. The molecule has 1 aliphatic carbocycles. The van der Waals surface area contributed by atoms with Crippen molar-refractivity contribution in [2.45, 2.75) is 68.5 Å². The molecule has 0 radical (unpaired) electrons. The Morgan fingerprint density at radius 3 is 2.46 bits per heavy atom. The van der Waals surface area contributed by atoms with Crippen LogP contribution in [0.5, 0.6) is 0 Å². The fourth-order valence-electron chi connectivity index (χ4n) is 5.31. The van der Waals surface area contributed by atoms with Gasteiger partial charge in [0.1, 0.15) is 6.10 Å². The maximum atomic E-state index is 13.5. The summed E-state index contributed by atoms with van der Waals surface area (Å²) >= 11 is 0. The monoisotopic (exact) mass is 561 g/mol. The number of nitrogens with two attached hydrogens (primary N) is 1. The number of nitrogen functional groups attached to an aromatic ring is 1. The Morgan fingerprint density at radius 1 is 1.13 bits per heavy atom. The van der Waals surface area contributed by atoms with E-state index in [2.05, 4.69) is 5.32 Å². The highest BCUT2D eigenvalue weighted by Crippen LogP contribution is 2.37. The first kappa shape index (κ1) is 29.3. The third-order valence-corrected chi connectivity index (χ3v) is 9.15. The number of nitrogens with zero attached hydrogens (tertiary/aromatic N) is 1. The highest BCUT2D eigenvalue weighted by atomic mass is 32.2. The fourth-order valence-corrected chi connectivity index (χ4v) is 6.94. The summed E-state index contributed by atoms with van der Waals surface area (Å²) in [6.07, 6.45) is -1.75. The minimum atomic E-state index is -3.94. The Kier molecular flexibility index (Phi) is 9.50. The van der Waals surface area contributed by atoms with Gasteiger partial charge in [0.2, 0.25) is 10.0 Å². The first-order valence-electron chi connectivity index (χ1n) is 13.4. The van der Waals surface area contributed by atoms with E-state index >= 15 is 0 Å². The number of sulfonamides is 1. The Labute approximate surface area is 230 Å². The second kappa shape index (κ2) is 12.6.